The molecule has 0 aliphatic carbocycles. The van der Waals surface area contributed by atoms with Crippen molar-refractivity contribution in [1.29, 1.82) is 5.26 Å². The summed E-state index contributed by atoms with van der Waals surface area (Å²) < 4.78 is 50.6. The summed E-state index contributed by atoms with van der Waals surface area (Å²) in [6.45, 7) is 0.0205. The Balaban J connectivity index is 1.72. The first kappa shape index (κ1) is 23.9. The first-order chi connectivity index (χ1) is 15.5. The summed E-state index contributed by atoms with van der Waals surface area (Å²) in [5.41, 5.74) is 0.121. The number of hydrogen-bond donors (Lipinski definition) is 4. The Hall–Kier alpha value is -2.24. The van der Waals surface area contributed by atoms with Crippen molar-refractivity contribution in [2.45, 2.75) is 49.1 Å². The number of nitriles is 1. The summed E-state index contributed by atoms with van der Waals surface area (Å²) in [6, 6.07) is 3.36. The van der Waals surface area contributed by atoms with Crippen LogP contribution in [0.1, 0.15) is 24.9 Å². The quantitative estimate of drug-likeness (QED) is 0.426. The molecule has 0 saturated carbocycles. The van der Waals surface area contributed by atoms with Gasteiger partial charge in [0.25, 0.3) is 5.92 Å². The normalized spacial score (nSPS) is 28.7. The number of fused-ring (bicyclic) bond motifs is 1. The van der Waals surface area contributed by atoms with E-state index in [2.05, 4.69) is 9.97 Å². The Kier molecular flexibility index (Phi) is 6.17. The van der Waals surface area contributed by atoms with E-state index in [4.69, 9.17) is 9.47 Å². The number of aliphatic hydroxyl groups is 2. The molecule has 2 fully saturated rings. The number of ether oxygens (including phenoxy) is 2. The van der Waals surface area contributed by atoms with Crippen molar-refractivity contribution < 1.29 is 42.8 Å². The summed E-state index contributed by atoms with van der Waals surface area (Å²) in [6.07, 6.45) is -5.52. The van der Waals surface area contributed by atoms with Crippen LogP contribution in [0.4, 0.5) is 14.6 Å². The van der Waals surface area contributed by atoms with Gasteiger partial charge in [-0.3, -0.25) is 4.57 Å². The standard InChI is InChI=1S/C18H22F2N5O7P/c1-31-17(33(28,29)30)13-11(26)12(27)16(32-13)25-5-2-9-14(22-10(8-21)23-15(9)25)24-6-3-18(19,20)4-7-24/h2,5,11-13,16-17,26-27H,3-4,6-7H2,1H3,(H2,28,29,30)/t11-,12+,13+,16+,17?/m0/s1. The number of aromatic nitrogens is 3. The molecule has 0 radical (unpaired) electrons. The maximum absolute atomic E-state index is 13.6. The van der Waals surface area contributed by atoms with Crippen LogP contribution < -0.4 is 4.90 Å². The maximum Gasteiger partial charge on any atom is 0.356 e. The van der Waals surface area contributed by atoms with E-state index < -0.39 is 43.9 Å². The highest BCUT2D eigenvalue weighted by Gasteiger charge is 2.52. The van der Waals surface area contributed by atoms with Crippen LogP contribution in [0.25, 0.3) is 11.0 Å². The monoisotopic (exact) mass is 489 g/mol. The lowest BCUT2D eigenvalue weighted by atomic mass is 10.1. The Morgan fingerprint density at radius 3 is 2.55 bits per heavy atom. The minimum absolute atomic E-state index is 0.0102. The third-order valence-electron chi connectivity index (χ3n) is 5.85. The predicted molar refractivity (Wildman–Crippen MR) is 107 cm³/mol. The van der Waals surface area contributed by atoms with Crippen molar-refractivity contribution in [3.05, 3.63) is 18.1 Å². The number of anilines is 1. The molecule has 0 aromatic carbocycles. The number of rotatable bonds is 5. The molecular weight excluding hydrogens is 467 g/mol. The third kappa shape index (κ3) is 4.33. The van der Waals surface area contributed by atoms with E-state index in [1.165, 1.54) is 10.8 Å². The second-order valence-corrected chi connectivity index (χ2v) is 9.66. The van der Waals surface area contributed by atoms with Gasteiger partial charge in [0.1, 0.15) is 35.8 Å². The zero-order chi connectivity index (χ0) is 24.1. The molecule has 2 aromatic heterocycles. The lowest BCUT2D eigenvalue weighted by Gasteiger charge is -2.32. The van der Waals surface area contributed by atoms with Gasteiger partial charge >= 0.3 is 7.60 Å². The van der Waals surface area contributed by atoms with Crippen LogP contribution in [0, 0.1) is 11.3 Å². The Bertz CT molecular complexity index is 1130. The molecule has 1 unspecified atom stereocenters. The first-order valence-electron chi connectivity index (χ1n) is 9.98. The van der Waals surface area contributed by atoms with E-state index in [1.807, 2.05) is 6.07 Å². The highest BCUT2D eigenvalue weighted by Crippen LogP contribution is 2.48. The molecule has 2 aliphatic rings. The topological polar surface area (TPSA) is 174 Å². The molecule has 180 valence electrons. The molecule has 2 aliphatic heterocycles. The number of nitrogens with zero attached hydrogens (tertiary/aromatic N) is 5. The van der Waals surface area contributed by atoms with Gasteiger partial charge in [0, 0.05) is 39.2 Å². The van der Waals surface area contributed by atoms with E-state index >= 15 is 0 Å². The van der Waals surface area contributed by atoms with Crippen LogP contribution in [0.2, 0.25) is 0 Å². The van der Waals surface area contributed by atoms with Crippen LogP contribution >= 0.6 is 7.60 Å². The van der Waals surface area contributed by atoms with E-state index in [-0.39, 0.29) is 43.2 Å². The SMILES string of the molecule is COC([C@@H]1O[C@@H](n2ccc3c(N4CCC(F)(F)CC4)nc(C#N)nc32)[C@H](O)[C@@H]1O)P(=O)(O)O. The van der Waals surface area contributed by atoms with Gasteiger partial charge in [0.2, 0.25) is 5.82 Å². The van der Waals surface area contributed by atoms with Gasteiger partial charge < -0.3 is 38.9 Å². The summed E-state index contributed by atoms with van der Waals surface area (Å²) >= 11 is 0. The minimum Gasteiger partial charge on any atom is -0.387 e. The van der Waals surface area contributed by atoms with Crippen molar-refractivity contribution in [3.8, 4) is 6.07 Å². The average Bonchev–Trinajstić information content (AvgIpc) is 3.29. The Morgan fingerprint density at radius 1 is 1.30 bits per heavy atom. The first-order valence-corrected chi connectivity index (χ1v) is 11.7. The van der Waals surface area contributed by atoms with Gasteiger partial charge in [-0.25, -0.2) is 18.7 Å². The summed E-state index contributed by atoms with van der Waals surface area (Å²) in [4.78, 5) is 28.9. The number of aliphatic hydroxyl groups excluding tert-OH is 2. The molecular formula is C18H22F2N5O7P. The summed E-state index contributed by atoms with van der Waals surface area (Å²) in [5, 5.41) is 30.7. The number of hydrogen-bond acceptors (Lipinski definition) is 9. The van der Waals surface area contributed by atoms with E-state index in [9.17, 15) is 38.6 Å². The van der Waals surface area contributed by atoms with Gasteiger partial charge in [-0.15, -0.1) is 0 Å². The molecule has 15 heteroatoms. The van der Waals surface area contributed by atoms with Crippen molar-refractivity contribution >= 4 is 24.4 Å². The Morgan fingerprint density at radius 2 is 1.97 bits per heavy atom. The van der Waals surface area contributed by atoms with Crippen molar-refractivity contribution in [1.82, 2.24) is 14.5 Å². The molecule has 4 heterocycles. The van der Waals surface area contributed by atoms with Gasteiger partial charge in [-0.05, 0) is 6.07 Å². The number of methoxy groups -OCH3 is 1. The number of piperidine rings is 1. The molecule has 2 saturated heterocycles. The largest absolute Gasteiger partial charge is 0.387 e. The zero-order valence-corrected chi connectivity index (χ0v) is 18.2. The zero-order valence-electron chi connectivity index (χ0n) is 17.3. The molecule has 2 aromatic rings. The fourth-order valence-corrected chi connectivity index (χ4v) is 5.08. The Labute approximate surface area is 186 Å². The molecule has 12 nitrogen and oxygen atoms in total. The molecule has 5 atom stereocenters. The minimum atomic E-state index is -4.85. The molecule has 0 bridgehead atoms. The number of halogens is 2. The third-order valence-corrected chi connectivity index (χ3v) is 7.02. The van der Waals surface area contributed by atoms with Gasteiger partial charge in [-0.1, -0.05) is 0 Å². The van der Waals surface area contributed by atoms with E-state index in [0.717, 1.165) is 7.11 Å². The van der Waals surface area contributed by atoms with Crippen molar-refractivity contribution in [2.24, 2.45) is 0 Å². The molecule has 33 heavy (non-hydrogen) atoms. The van der Waals surface area contributed by atoms with Gasteiger partial charge in [-0.2, -0.15) is 5.26 Å². The van der Waals surface area contributed by atoms with Crippen molar-refractivity contribution in [2.75, 3.05) is 25.1 Å². The van der Waals surface area contributed by atoms with Gasteiger partial charge in [0.05, 0.1) is 5.39 Å². The lowest BCUT2D eigenvalue weighted by Crippen LogP contribution is -2.40. The van der Waals surface area contributed by atoms with Gasteiger partial charge in [0.15, 0.2) is 12.1 Å². The van der Waals surface area contributed by atoms with Crippen LogP contribution in [-0.4, -0.2) is 84.8 Å². The highest BCUT2D eigenvalue weighted by molar-refractivity contribution is 7.52. The maximum atomic E-state index is 13.6. The van der Waals surface area contributed by atoms with E-state index in [1.54, 1.807) is 11.0 Å². The van der Waals surface area contributed by atoms with Crippen LogP contribution in [0.3, 0.4) is 0 Å². The second kappa shape index (κ2) is 8.52. The molecule has 4 N–H and O–H groups in total. The van der Waals surface area contributed by atoms with Crippen LogP contribution in [0.5, 0.6) is 0 Å². The van der Waals surface area contributed by atoms with Crippen LogP contribution in [0.15, 0.2) is 12.3 Å². The summed E-state index contributed by atoms with van der Waals surface area (Å²) in [7, 11) is -3.82. The molecule has 4 rings (SSSR count). The summed E-state index contributed by atoms with van der Waals surface area (Å²) in [5.74, 6) is -4.59. The van der Waals surface area contributed by atoms with E-state index in [0.29, 0.717) is 5.39 Å². The fourth-order valence-electron chi connectivity index (χ4n) is 4.17. The molecule has 0 amide bonds. The smallest absolute Gasteiger partial charge is 0.356 e. The fraction of sp³-hybridized carbons (Fsp3) is 0.611. The second-order valence-electron chi connectivity index (χ2n) is 7.97. The highest BCUT2D eigenvalue weighted by atomic mass is 31.2. The van der Waals surface area contributed by atoms with Crippen molar-refractivity contribution in [3.63, 3.8) is 0 Å². The lowest BCUT2D eigenvalue weighted by molar-refractivity contribution is -0.0759. The molecule has 0 spiro atoms. The number of alkyl halides is 2. The van der Waals surface area contributed by atoms with Crippen LogP contribution in [-0.2, 0) is 14.0 Å². The average molecular weight is 489 g/mol. The predicted octanol–water partition coefficient (Wildman–Crippen LogP) is 0.308.